The Balaban J connectivity index is 3.19. The summed E-state index contributed by atoms with van der Waals surface area (Å²) in [5, 5.41) is 11.2. The molecule has 0 aliphatic carbocycles. The fourth-order valence-electron chi connectivity index (χ4n) is 2.38. The molecule has 0 saturated carbocycles. The quantitative estimate of drug-likeness (QED) is 0.710. The van der Waals surface area contributed by atoms with E-state index < -0.39 is 24.9 Å². The summed E-state index contributed by atoms with van der Waals surface area (Å²) >= 11 is 0. The number of hydrogen-bond acceptors (Lipinski definition) is 5. The lowest BCUT2D eigenvalue weighted by atomic mass is 10.1. The summed E-state index contributed by atoms with van der Waals surface area (Å²) in [5.41, 5.74) is 0.944. The van der Waals surface area contributed by atoms with E-state index in [9.17, 15) is 14.5 Å². The fraction of sp³-hybridized carbons (Fsp3) is 0.438. The monoisotopic (exact) mass is 341 g/mol. The Kier molecular flexibility index (Phi) is 7.16. The molecule has 0 fully saturated rings. The van der Waals surface area contributed by atoms with E-state index in [-0.39, 0.29) is 6.42 Å². The second-order valence-corrected chi connectivity index (χ2v) is 7.68. The molecule has 128 valence electrons. The van der Waals surface area contributed by atoms with Gasteiger partial charge in [-0.25, -0.2) is 0 Å². The van der Waals surface area contributed by atoms with Crippen molar-refractivity contribution in [2.24, 2.45) is 0 Å². The minimum absolute atomic E-state index is 0.0814. The Morgan fingerprint density at radius 2 is 1.91 bits per heavy atom. The Morgan fingerprint density at radius 3 is 2.35 bits per heavy atom. The van der Waals surface area contributed by atoms with Crippen LogP contribution < -0.4 is 5.32 Å². The molecule has 1 aromatic rings. The van der Waals surface area contributed by atoms with Crippen LogP contribution in [0.2, 0.25) is 0 Å². The molecule has 0 spiro atoms. The maximum Gasteiger partial charge on any atom is 0.358 e. The molecule has 0 aliphatic heterocycles. The van der Waals surface area contributed by atoms with Gasteiger partial charge in [-0.15, -0.1) is 0 Å². The number of aliphatic hydroxyl groups is 1. The summed E-state index contributed by atoms with van der Waals surface area (Å²) in [7, 11) is -1.33. The first-order valence-electron chi connectivity index (χ1n) is 7.21. The van der Waals surface area contributed by atoms with Gasteiger partial charge < -0.3 is 19.5 Å². The molecule has 7 heteroatoms. The standard InChI is InChI=1S/C16H24NO5P/c1-13(18)16(17-14(2)19,23(20,21-3)22-4)12-8-11-15-9-6-5-7-10-15/h5-11,13,18H,12H2,1-4H3,(H,17,19)/b11-8+/t13-,16+/m1/s1. The minimum atomic E-state index is -3.79. The number of benzene rings is 1. The molecule has 1 aromatic carbocycles. The lowest BCUT2D eigenvalue weighted by Crippen LogP contribution is -2.55. The van der Waals surface area contributed by atoms with E-state index in [1.54, 1.807) is 6.08 Å². The van der Waals surface area contributed by atoms with E-state index in [1.165, 1.54) is 28.1 Å². The molecular formula is C16H24NO5P. The number of hydrogen-bond donors (Lipinski definition) is 2. The molecule has 0 heterocycles. The normalized spacial score (nSPS) is 16.0. The predicted molar refractivity (Wildman–Crippen MR) is 89.9 cm³/mol. The molecule has 23 heavy (non-hydrogen) atoms. The summed E-state index contributed by atoms with van der Waals surface area (Å²) < 4.78 is 23.0. The van der Waals surface area contributed by atoms with Gasteiger partial charge in [-0.2, -0.15) is 0 Å². The van der Waals surface area contributed by atoms with Crippen LogP contribution >= 0.6 is 7.60 Å². The first kappa shape index (κ1) is 19.6. The zero-order valence-corrected chi connectivity index (χ0v) is 14.7. The van der Waals surface area contributed by atoms with Crippen molar-refractivity contribution >= 4 is 19.6 Å². The van der Waals surface area contributed by atoms with Crippen LogP contribution in [0.1, 0.15) is 25.8 Å². The van der Waals surface area contributed by atoms with Crippen molar-refractivity contribution < 1.29 is 23.5 Å². The van der Waals surface area contributed by atoms with E-state index in [4.69, 9.17) is 9.05 Å². The van der Waals surface area contributed by atoms with Crippen LogP contribution in [0, 0.1) is 0 Å². The van der Waals surface area contributed by atoms with Gasteiger partial charge in [0.15, 0.2) is 5.28 Å². The second kappa shape index (κ2) is 8.41. The maximum absolute atomic E-state index is 12.9. The number of amides is 1. The molecule has 0 bridgehead atoms. The second-order valence-electron chi connectivity index (χ2n) is 5.16. The lowest BCUT2D eigenvalue weighted by Gasteiger charge is -2.39. The number of nitrogens with one attached hydrogen (secondary N) is 1. The van der Waals surface area contributed by atoms with Crippen molar-refractivity contribution in [3.8, 4) is 0 Å². The van der Waals surface area contributed by atoms with Crippen LogP contribution in [-0.2, 0) is 18.4 Å². The largest absolute Gasteiger partial charge is 0.390 e. The molecule has 6 nitrogen and oxygen atoms in total. The Morgan fingerprint density at radius 1 is 1.35 bits per heavy atom. The van der Waals surface area contributed by atoms with Gasteiger partial charge >= 0.3 is 7.60 Å². The van der Waals surface area contributed by atoms with Gasteiger partial charge in [0.25, 0.3) is 0 Å². The van der Waals surface area contributed by atoms with Crippen LogP contribution in [-0.4, -0.2) is 36.6 Å². The van der Waals surface area contributed by atoms with E-state index in [0.29, 0.717) is 0 Å². The molecule has 0 unspecified atom stereocenters. The van der Waals surface area contributed by atoms with Crippen molar-refractivity contribution in [3.05, 3.63) is 42.0 Å². The average Bonchev–Trinajstić information content (AvgIpc) is 2.53. The smallest absolute Gasteiger partial charge is 0.358 e. The van der Waals surface area contributed by atoms with Gasteiger partial charge in [-0.05, 0) is 12.5 Å². The molecule has 0 aliphatic rings. The highest BCUT2D eigenvalue weighted by molar-refractivity contribution is 7.55. The van der Waals surface area contributed by atoms with E-state index in [2.05, 4.69) is 5.32 Å². The van der Waals surface area contributed by atoms with Crippen molar-refractivity contribution in [2.45, 2.75) is 31.7 Å². The summed E-state index contributed by atoms with van der Waals surface area (Å²) in [6.45, 7) is 2.73. The topological polar surface area (TPSA) is 84.9 Å². The van der Waals surface area contributed by atoms with Gasteiger partial charge in [0, 0.05) is 27.6 Å². The molecular weight excluding hydrogens is 317 g/mol. The number of rotatable bonds is 8. The predicted octanol–water partition coefficient (Wildman–Crippen LogP) is 2.79. The van der Waals surface area contributed by atoms with Gasteiger partial charge in [-0.3, -0.25) is 9.36 Å². The summed E-state index contributed by atoms with van der Waals surface area (Å²) in [6.07, 6.45) is 2.47. The van der Waals surface area contributed by atoms with Gasteiger partial charge in [0.1, 0.15) is 0 Å². The molecule has 0 saturated heterocycles. The summed E-state index contributed by atoms with van der Waals surface area (Å²) in [6, 6.07) is 9.50. The minimum Gasteiger partial charge on any atom is -0.390 e. The SMILES string of the molecule is COP(=O)(OC)[C@](C/C=C/c1ccccc1)(NC(C)=O)[C@@H](C)O. The van der Waals surface area contributed by atoms with Crippen LogP contribution in [0.15, 0.2) is 36.4 Å². The van der Waals surface area contributed by atoms with Crippen molar-refractivity contribution in [1.82, 2.24) is 5.32 Å². The zero-order valence-electron chi connectivity index (χ0n) is 13.9. The lowest BCUT2D eigenvalue weighted by molar-refractivity contribution is -0.121. The average molecular weight is 341 g/mol. The van der Waals surface area contributed by atoms with E-state index in [1.807, 2.05) is 36.4 Å². The molecule has 2 atom stereocenters. The van der Waals surface area contributed by atoms with Crippen LogP contribution in [0.4, 0.5) is 0 Å². The Bertz CT molecular complexity index is 579. The summed E-state index contributed by atoms with van der Waals surface area (Å²) in [4.78, 5) is 11.6. The highest BCUT2D eigenvalue weighted by atomic mass is 31.2. The molecule has 2 N–H and O–H groups in total. The molecule has 0 aromatic heterocycles. The van der Waals surface area contributed by atoms with E-state index in [0.717, 1.165) is 5.56 Å². The van der Waals surface area contributed by atoms with Crippen molar-refractivity contribution in [1.29, 1.82) is 0 Å². The first-order valence-corrected chi connectivity index (χ1v) is 8.75. The fourth-order valence-corrected chi connectivity index (χ4v) is 4.26. The Labute approximate surface area is 137 Å². The maximum atomic E-state index is 12.9. The van der Waals surface area contributed by atoms with Crippen LogP contribution in [0.3, 0.4) is 0 Å². The third-order valence-electron chi connectivity index (χ3n) is 3.59. The Hall–Kier alpha value is -1.46. The number of carbonyl (C=O) groups is 1. The highest BCUT2D eigenvalue weighted by Gasteiger charge is 2.53. The molecule has 1 rings (SSSR count). The van der Waals surface area contributed by atoms with E-state index >= 15 is 0 Å². The van der Waals surface area contributed by atoms with Gasteiger partial charge in [-0.1, -0.05) is 42.5 Å². The van der Waals surface area contributed by atoms with Crippen molar-refractivity contribution in [3.63, 3.8) is 0 Å². The van der Waals surface area contributed by atoms with Crippen LogP contribution in [0.5, 0.6) is 0 Å². The molecule has 0 radical (unpaired) electrons. The summed E-state index contributed by atoms with van der Waals surface area (Å²) in [5.74, 6) is -0.437. The van der Waals surface area contributed by atoms with Gasteiger partial charge in [0.05, 0.1) is 6.10 Å². The third-order valence-corrected chi connectivity index (χ3v) is 6.20. The zero-order chi connectivity index (χ0) is 17.5. The highest BCUT2D eigenvalue weighted by Crippen LogP contribution is 2.60. The third kappa shape index (κ3) is 4.52. The number of carbonyl (C=O) groups excluding carboxylic acids is 1. The number of aliphatic hydroxyl groups excluding tert-OH is 1. The van der Waals surface area contributed by atoms with Crippen LogP contribution in [0.25, 0.3) is 6.08 Å². The first-order chi connectivity index (χ1) is 10.8. The van der Waals surface area contributed by atoms with Gasteiger partial charge in [0.2, 0.25) is 5.91 Å². The van der Waals surface area contributed by atoms with Crippen molar-refractivity contribution in [2.75, 3.05) is 14.2 Å². The molecule has 1 amide bonds.